The van der Waals surface area contributed by atoms with E-state index in [9.17, 15) is 4.79 Å². The van der Waals surface area contributed by atoms with E-state index in [1.54, 1.807) is 26.6 Å². The second-order valence-electron chi connectivity index (χ2n) is 8.73. The first kappa shape index (κ1) is 24.1. The normalized spacial score (nSPS) is 12.0. The topological polar surface area (TPSA) is 64.0 Å². The van der Waals surface area contributed by atoms with Gasteiger partial charge in [-0.2, -0.15) is 0 Å². The number of amides is 1. The molecule has 1 unspecified atom stereocenters. The maximum atomic E-state index is 12.7. The minimum atomic E-state index is -0.590. The molecule has 1 aromatic heterocycles. The number of aromatic nitrogens is 1. The number of aliphatic imine (C=N–C) groups is 1. The molecular weight excluding hydrogens is 414 g/mol. The number of carbonyl (C=O) groups excluding carboxylic acids is 1. The molecule has 0 aliphatic rings. The van der Waals surface area contributed by atoms with Gasteiger partial charge in [-0.1, -0.05) is 60.7 Å². The van der Waals surface area contributed by atoms with Gasteiger partial charge in [-0.05, 0) is 32.4 Å². The van der Waals surface area contributed by atoms with Crippen molar-refractivity contribution in [2.75, 3.05) is 20.8 Å². The standard InChI is InChI=1S/C27H31N3O3/c1-27(2,3)33-26(31)30(4)24(19-32-5)22-16-23(18-28-17-22)29-25(20-12-8-6-9-13-20)21-14-10-7-11-15-21/h6-18,24H,19H2,1-5H3. The summed E-state index contributed by atoms with van der Waals surface area (Å²) in [4.78, 5) is 23.6. The third-order valence-electron chi connectivity index (χ3n) is 4.94. The van der Waals surface area contributed by atoms with Crippen molar-refractivity contribution >= 4 is 17.5 Å². The summed E-state index contributed by atoms with van der Waals surface area (Å²) >= 11 is 0. The predicted molar refractivity (Wildman–Crippen MR) is 131 cm³/mol. The average Bonchev–Trinajstić information content (AvgIpc) is 2.81. The number of hydrogen-bond acceptors (Lipinski definition) is 5. The second-order valence-corrected chi connectivity index (χ2v) is 8.73. The van der Waals surface area contributed by atoms with E-state index in [1.165, 1.54) is 4.90 Å². The molecule has 1 amide bonds. The van der Waals surface area contributed by atoms with Crippen molar-refractivity contribution in [3.8, 4) is 0 Å². The van der Waals surface area contributed by atoms with Crippen LogP contribution >= 0.6 is 0 Å². The van der Waals surface area contributed by atoms with Crippen LogP contribution in [-0.4, -0.2) is 48.1 Å². The molecular formula is C27H31N3O3. The molecule has 3 aromatic rings. The molecule has 0 aliphatic carbocycles. The van der Waals surface area contributed by atoms with E-state index >= 15 is 0 Å². The Balaban J connectivity index is 1.99. The van der Waals surface area contributed by atoms with E-state index in [0.29, 0.717) is 12.3 Å². The molecule has 0 N–H and O–H groups in total. The van der Waals surface area contributed by atoms with Gasteiger partial charge in [0.15, 0.2) is 0 Å². The van der Waals surface area contributed by atoms with Crippen LogP contribution in [0.25, 0.3) is 0 Å². The number of nitrogens with zero attached hydrogens (tertiary/aromatic N) is 3. The molecule has 0 fully saturated rings. The quantitative estimate of drug-likeness (QED) is 0.431. The summed E-state index contributed by atoms with van der Waals surface area (Å²) in [5, 5.41) is 0. The van der Waals surface area contributed by atoms with Gasteiger partial charge < -0.3 is 14.4 Å². The molecule has 2 aromatic carbocycles. The maximum Gasteiger partial charge on any atom is 0.410 e. The average molecular weight is 446 g/mol. The molecule has 0 spiro atoms. The highest BCUT2D eigenvalue weighted by Gasteiger charge is 2.27. The third kappa shape index (κ3) is 6.73. The van der Waals surface area contributed by atoms with Crippen LogP contribution in [0.5, 0.6) is 0 Å². The Bertz CT molecular complexity index is 1040. The van der Waals surface area contributed by atoms with Crippen molar-refractivity contribution in [3.05, 3.63) is 95.8 Å². The van der Waals surface area contributed by atoms with E-state index < -0.39 is 11.7 Å². The molecule has 172 valence electrons. The summed E-state index contributed by atoms with van der Waals surface area (Å²) in [7, 11) is 3.31. The zero-order valence-electron chi connectivity index (χ0n) is 19.9. The van der Waals surface area contributed by atoms with Crippen LogP contribution in [0, 0.1) is 0 Å². The largest absolute Gasteiger partial charge is 0.444 e. The first-order chi connectivity index (χ1) is 15.8. The lowest BCUT2D eigenvalue weighted by atomic mass is 10.0. The van der Waals surface area contributed by atoms with E-state index in [0.717, 1.165) is 22.4 Å². The van der Waals surface area contributed by atoms with E-state index in [1.807, 2.05) is 87.5 Å². The lowest BCUT2D eigenvalue weighted by Gasteiger charge is -2.30. The number of hydrogen-bond donors (Lipinski definition) is 0. The smallest absolute Gasteiger partial charge is 0.410 e. The molecule has 33 heavy (non-hydrogen) atoms. The summed E-state index contributed by atoms with van der Waals surface area (Å²) in [6, 6.07) is 21.6. The van der Waals surface area contributed by atoms with Crippen LogP contribution in [0.1, 0.15) is 43.5 Å². The Labute approximate surface area is 195 Å². The van der Waals surface area contributed by atoms with Crippen molar-refractivity contribution < 1.29 is 14.3 Å². The monoisotopic (exact) mass is 445 g/mol. The highest BCUT2D eigenvalue weighted by molar-refractivity contribution is 6.13. The Hall–Kier alpha value is -3.51. The fourth-order valence-corrected chi connectivity index (χ4v) is 3.36. The molecule has 6 heteroatoms. The van der Waals surface area contributed by atoms with Gasteiger partial charge in [0.1, 0.15) is 5.60 Å². The van der Waals surface area contributed by atoms with Crippen LogP contribution in [0.2, 0.25) is 0 Å². The van der Waals surface area contributed by atoms with Crippen LogP contribution < -0.4 is 0 Å². The Kier molecular flexibility index (Phi) is 7.96. The highest BCUT2D eigenvalue weighted by Crippen LogP contribution is 2.26. The zero-order chi connectivity index (χ0) is 23.8. The summed E-state index contributed by atoms with van der Waals surface area (Å²) in [6.07, 6.45) is 3.02. The number of pyridine rings is 1. The molecule has 0 saturated carbocycles. The molecule has 0 radical (unpaired) electrons. The molecule has 1 atom stereocenters. The van der Waals surface area contributed by atoms with Gasteiger partial charge in [-0.15, -0.1) is 0 Å². The number of methoxy groups -OCH3 is 1. The lowest BCUT2D eigenvalue weighted by Crippen LogP contribution is -2.38. The molecule has 0 aliphatic heterocycles. The first-order valence-electron chi connectivity index (χ1n) is 10.9. The summed E-state index contributed by atoms with van der Waals surface area (Å²) in [5.41, 5.74) is 3.77. The van der Waals surface area contributed by atoms with Gasteiger partial charge in [0.25, 0.3) is 0 Å². The molecule has 0 saturated heterocycles. The fourth-order valence-electron chi connectivity index (χ4n) is 3.36. The van der Waals surface area contributed by atoms with E-state index in [-0.39, 0.29) is 6.04 Å². The third-order valence-corrected chi connectivity index (χ3v) is 4.94. The fraction of sp³-hybridized carbons (Fsp3) is 0.296. The second kappa shape index (κ2) is 10.9. The SMILES string of the molecule is COCC(c1cncc(N=C(c2ccccc2)c2ccccc2)c1)N(C)C(=O)OC(C)(C)C. The number of likely N-dealkylation sites (N-methyl/N-ethyl adjacent to an activating group) is 1. The molecule has 3 rings (SSSR count). The van der Waals surface area contributed by atoms with Crippen molar-refractivity contribution in [2.45, 2.75) is 32.4 Å². The highest BCUT2D eigenvalue weighted by atomic mass is 16.6. The van der Waals surface area contributed by atoms with Gasteiger partial charge in [-0.3, -0.25) is 4.98 Å². The molecule has 0 bridgehead atoms. The van der Waals surface area contributed by atoms with Gasteiger partial charge in [-0.25, -0.2) is 9.79 Å². The van der Waals surface area contributed by atoms with Crippen LogP contribution in [0.4, 0.5) is 10.5 Å². The van der Waals surface area contributed by atoms with Gasteiger partial charge in [0, 0.05) is 31.5 Å². The van der Waals surface area contributed by atoms with Crippen molar-refractivity contribution in [1.82, 2.24) is 9.88 Å². The maximum absolute atomic E-state index is 12.7. The van der Waals surface area contributed by atoms with Crippen molar-refractivity contribution in [2.24, 2.45) is 4.99 Å². The number of benzene rings is 2. The predicted octanol–water partition coefficient (Wildman–Crippen LogP) is 5.81. The number of rotatable bonds is 7. The summed E-state index contributed by atoms with van der Waals surface area (Å²) in [6.45, 7) is 5.83. The minimum Gasteiger partial charge on any atom is -0.444 e. The van der Waals surface area contributed by atoms with Crippen LogP contribution in [-0.2, 0) is 9.47 Å². The van der Waals surface area contributed by atoms with Crippen molar-refractivity contribution in [1.29, 1.82) is 0 Å². The molecule has 6 nitrogen and oxygen atoms in total. The van der Waals surface area contributed by atoms with E-state index in [2.05, 4.69) is 4.98 Å². The number of carbonyl (C=O) groups is 1. The van der Waals surface area contributed by atoms with Gasteiger partial charge in [0.05, 0.1) is 30.2 Å². The Morgan fingerprint density at radius 1 is 1.00 bits per heavy atom. The first-order valence-corrected chi connectivity index (χ1v) is 10.9. The number of ether oxygens (including phenoxy) is 2. The minimum absolute atomic E-state index is 0.300. The van der Waals surface area contributed by atoms with Gasteiger partial charge in [0.2, 0.25) is 0 Å². The van der Waals surface area contributed by atoms with Crippen LogP contribution in [0.3, 0.4) is 0 Å². The molecule has 1 heterocycles. The van der Waals surface area contributed by atoms with Gasteiger partial charge >= 0.3 is 6.09 Å². The Morgan fingerprint density at radius 2 is 1.58 bits per heavy atom. The lowest BCUT2D eigenvalue weighted by molar-refractivity contribution is 0.0126. The van der Waals surface area contributed by atoms with Crippen molar-refractivity contribution in [3.63, 3.8) is 0 Å². The summed E-state index contributed by atoms with van der Waals surface area (Å²) < 4.78 is 10.9. The summed E-state index contributed by atoms with van der Waals surface area (Å²) in [5.74, 6) is 0. The Morgan fingerprint density at radius 3 is 2.09 bits per heavy atom. The van der Waals surface area contributed by atoms with E-state index in [4.69, 9.17) is 14.5 Å². The zero-order valence-corrected chi connectivity index (χ0v) is 19.9. The van der Waals surface area contributed by atoms with Crippen LogP contribution in [0.15, 0.2) is 84.1 Å².